The molecule has 0 aliphatic carbocycles. The van der Waals surface area contributed by atoms with Crippen LogP contribution in [0.1, 0.15) is 0 Å². The Hall–Kier alpha value is -2.61. The largest absolute Gasteiger partial charge is 0.496 e. The SMILES string of the molecule is COc1cc(S(C)(=O)=O)ccc1-c1cn2ccnc(OC)c2n1. The quantitative estimate of drug-likeness (QED) is 0.724. The molecule has 0 spiro atoms. The third-order valence-electron chi connectivity index (χ3n) is 3.41. The van der Waals surface area contributed by atoms with Crippen LogP contribution < -0.4 is 9.47 Å². The number of aromatic nitrogens is 3. The lowest BCUT2D eigenvalue weighted by Crippen LogP contribution is -1.98. The highest BCUT2D eigenvalue weighted by molar-refractivity contribution is 7.90. The van der Waals surface area contributed by atoms with E-state index in [0.29, 0.717) is 28.5 Å². The van der Waals surface area contributed by atoms with Gasteiger partial charge in [0.25, 0.3) is 5.88 Å². The predicted octanol–water partition coefficient (Wildman–Crippen LogP) is 1.82. The number of methoxy groups -OCH3 is 2. The summed E-state index contributed by atoms with van der Waals surface area (Å²) in [4.78, 5) is 8.80. The van der Waals surface area contributed by atoms with Gasteiger partial charge in [0, 0.05) is 30.4 Å². The Bertz CT molecular complexity index is 980. The first kappa shape index (κ1) is 15.3. The van der Waals surface area contributed by atoms with Crippen LogP contribution in [0.25, 0.3) is 16.9 Å². The van der Waals surface area contributed by atoms with Crippen LogP contribution in [0.5, 0.6) is 11.6 Å². The molecule has 7 nitrogen and oxygen atoms in total. The van der Waals surface area contributed by atoms with E-state index in [2.05, 4.69) is 9.97 Å². The van der Waals surface area contributed by atoms with E-state index >= 15 is 0 Å². The van der Waals surface area contributed by atoms with Crippen LogP contribution in [-0.2, 0) is 9.84 Å². The Kier molecular flexibility index (Phi) is 3.69. The molecule has 3 aromatic rings. The summed E-state index contributed by atoms with van der Waals surface area (Å²) in [5, 5.41) is 0. The smallest absolute Gasteiger partial charge is 0.258 e. The molecule has 120 valence electrons. The van der Waals surface area contributed by atoms with E-state index in [9.17, 15) is 8.42 Å². The summed E-state index contributed by atoms with van der Waals surface area (Å²) in [5.41, 5.74) is 1.89. The van der Waals surface area contributed by atoms with Crippen LogP contribution in [0.3, 0.4) is 0 Å². The van der Waals surface area contributed by atoms with E-state index in [1.165, 1.54) is 26.4 Å². The topological polar surface area (TPSA) is 82.8 Å². The lowest BCUT2D eigenvalue weighted by Gasteiger charge is -2.08. The Morgan fingerprint density at radius 1 is 1.17 bits per heavy atom. The van der Waals surface area contributed by atoms with Crippen LogP contribution in [0.15, 0.2) is 41.7 Å². The first-order valence-electron chi connectivity index (χ1n) is 6.70. The Labute approximate surface area is 133 Å². The highest BCUT2D eigenvalue weighted by Gasteiger charge is 2.16. The van der Waals surface area contributed by atoms with E-state index in [-0.39, 0.29) is 4.90 Å². The van der Waals surface area contributed by atoms with E-state index in [1.54, 1.807) is 29.1 Å². The van der Waals surface area contributed by atoms with E-state index in [0.717, 1.165) is 6.26 Å². The van der Waals surface area contributed by atoms with Crippen LogP contribution in [-0.4, -0.2) is 43.3 Å². The van der Waals surface area contributed by atoms with Gasteiger partial charge in [0.2, 0.25) is 5.65 Å². The van der Waals surface area contributed by atoms with Crippen LogP contribution in [0, 0.1) is 0 Å². The lowest BCUT2D eigenvalue weighted by atomic mass is 10.1. The van der Waals surface area contributed by atoms with Crippen molar-refractivity contribution in [1.29, 1.82) is 0 Å². The molecule has 0 saturated carbocycles. The summed E-state index contributed by atoms with van der Waals surface area (Å²) >= 11 is 0. The number of sulfone groups is 1. The maximum Gasteiger partial charge on any atom is 0.258 e. The zero-order chi connectivity index (χ0) is 16.6. The molecule has 2 aromatic heterocycles. The first-order valence-corrected chi connectivity index (χ1v) is 8.59. The summed E-state index contributed by atoms with van der Waals surface area (Å²) in [5.74, 6) is 0.841. The van der Waals surface area contributed by atoms with Gasteiger partial charge in [-0.25, -0.2) is 18.4 Å². The maximum absolute atomic E-state index is 11.7. The zero-order valence-corrected chi connectivity index (χ0v) is 13.7. The standard InChI is InChI=1S/C15H15N3O4S/c1-21-13-8-10(23(3,19)20)4-5-11(13)12-9-18-7-6-16-15(22-2)14(18)17-12/h4-9H,1-3H3. The average Bonchev–Trinajstić information content (AvgIpc) is 2.97. The predicted molar refractivity (Wildman–Crippen MR) is 84.6 cm³/mol. The molecule has 0 amide bonds. The van der Waals surface area contributed by atoms with Crippen molar-refractivity contribution in [2.24, 2.45) is 0 Å². The minimum atomic E-state index is -3.31. The number of rotatable bonds is 4. The second kappa shape index (κ2) is 5.54. The van der Waals surface area contributed by atoms with Gasteiger partial charge in [0.05, 0.1) is 24.8 Å². The number of ether oxygens (including phenoxy) is 2. The second-order valence-electron chi connectivity index (χ2n) is 4.93. The van der Waals surface area contributed by atoms with Gasteiger partial charge in [0.1, 0.15) is 5.75 Å². The van der Waals surface area contributed by atoms with Crippen molar-refractivity contribution < 1.29 is 17.9 Å². The number of fused-ring (bicyclic) bond motifs is 1. The van der Waals surface area contributed by atoms with E-state index < -0.39 is 9.84 Å². The van der Waals surface area contributed by atoms with Crippen molar-refractivity contribution in [1.82, 2.24) is 14.4 Å². The molecular formula is C15H15N3O4S. The lowest BCUT2D eigenvalue weighted by molar-refractivity contribution is 0.400. The van der Waals surface area contributed by atoms with Crippen molar-refractivity contribution in [3.8, 4) is 22.9 Å². The molecular weight excluding hydrogens is 318 g/mol. The molecule has 0 saturated heterocycles. The van der Waals surface area contributed by atoms with Crippen molar-refractivity contribution in [3.05, 3.63) is 36.8 Å². The molecule has 0 fully saturated rings. The van der Waals surface area contributed by atoms with Crippen LogP contribution in [0.4, 0.5) is 0 Å². The number of hydrogen-bond acceptors (Lipinski definition) is 6. The molecule has 0 unspecified atom stereocenters. The molecule has 2 heterocycles. The molecule has 1 aromatic carbocycles. The number of nitrogens with zero attached hydrogens (tertiary/aromatic N) is 3. The van der Waals surface area contributed by atoms with Gasteiger partial charge in [0.15, 0.2) is 9.84 Å². The van der Waals surface area contributed by atoms with Gasteiger partial charge >= 0.3 is 0 Å². The molecule has 8 heteroatoms. The molecule has 0 N–H and O–H groups in total. The molecule has 0 aliphatic heterocycles. The Balaban J connectivity index is 2.18. The highest BCUT2D eigenvalue weighted by Crippen LogP contribution is 2.32. The monoisotopic (exact) mass is 333 g/mol. The summed E-state index contributed by atoms with van der Waals surface area (Å²) < 4.78 is 35.6. The molecule has 0 bridgehead atoms. The third-order valence-corrected chi connectivity index (χ3v) is 4.52. The Morgan fingerprint density at radius 2 is 1.96 bits per heavy atom. The number of benzene rings is 1. The van der Waals surface area contributed by atoms with Gasteiger partial charge in [-0.2, -0.15) is 0 Å². The van der Waals surface area contributed by atoms with Gasteiger partial charge in [-0.15, -0.1) is 0 Å². The van der Waals surface area contributed by atoms with Gasteiger partial charge in [-0.3, -0.25) is 0 Å². The van der Waals surface area contributed by atoms with Gasteiger partial charge < -0.3 is 13.9 Å². The normalized spacial score (nSPS) is 11.6. The molecule has 23 heavy (non-hydrogen) atoms. The maximum atomic E-state index is 11.7. The van der Waals surface area contributed by atoms with E-state index in [1.807, 2.05) is 0 Å². The minimum absolute atomic E-state index is 0.195. The fourth-order valence-electron chi connectivity index (χ4n) is 2.28. The third kappa shape index (κ3) is 2.72. The first-order chi connectivity index (χ1) is 10.9. The second-order valence-corrected chi connectivity index (χ2v) is 6.94. The Morgan fingerprint density at radius 3 is 2.61 bits per heavy atom. The summed E-state index contributed by atoms with van der Waals surface area (Å²) in [6, 6.07) is 4.70. The van der Waals surface area contributed by atoms with Crippen molar-refractivity contribution in [2.45, 2.75) is 4.90 Å². The van der Waals surface area contributed by atoms with Gasteiger partial charge in [-0.05, 0) is 18.2 Å². The summed E-state index contributed by atoms with van der Waals surface area (Å²) in [6.07, 6.45) is 6.33. The number of imidazole rings is 1. The molecule has 3 rings (SSSR count). The van der Waals surface area contributed by atoms with Crippen molar-refractivity contribution in [3.63, 3.8) is 0 Å². The fourth-order valence-corrected chi connectivity index (χ4v) is 2.92. The van der Waals surface area contributed by atoms with Crippen LogP contribution >= 0.6 is 0 Å². The van der Waals surface area contributed by atoms with Crippen molar-refractivity contribution >= 4 is 15.5 Å². The van der Waals surface area contributed by atoms with E-state index in [4.69, 9.17) is 9.47 Å². The molecule has 0 atom stereocenters. The summed E-state index contributed by atoms with van der Waals surface area (Å²) in [6.45, 7) is 0. The van der Waals surface area contributed by atoms with Gasteiger partial charge in [-0.1, -0.05) is 0 Å². The summed E-state index contributed by atoms with van der Waals surface area (Å²) in [7, 11) is -0.290. The molecule has 0 radical (unpaired) electrons. The number of hydrogen-bond donors (Lipinski definition) is 0. The fraction of sp³-hybridized carbons (Fsp3) is 0.200. The average molecular weight is 333 g/mol. The zero-order valence-electron chi connectivity index (χ0n) is 12.8. The molecule has 0 aliphatic rings. The van der Waals surface area contributed by atoms with Crippen LogP contribution in [0.2, 0.25) is 0 Å². The van der Waals surface area contributed by atoms with Crippen molar-refractivity contribution in [2.75, 3.05) is 20.5 Å². The minimum Gasteiger partial charge on any atom is -0.496 e. The highest BCUT2D eigenvalue weighted by atomic mass is 32.2.